The third-order valence-corrected chi connectivity index (χ3v) is 2.47. The molecular weight excluding hydrogens is 174 g/mol. The van der Waals surface area contributed by atoms with Crippen LogP contribution in [0.4, 0.5) is 0 Å². The largest absolute Gasteiger partial charge is 0.388 e. The lowest BCUT2D eigenvalue weighted by molar-refractivity contribution is 0.163. The quantitative estimate of drug-likeness (QED) is 0.754. The van der Waals surface area contributed by atoms with Crippen molar-refractivity contribution < 1.29 is 5.11 Å². The van der Waals surface area contributed by atoms with E-state index in [4.69, 9.17) is 5.73 Å². The zero-order valence-electron chi connectivity index (χ0n) is 8.74. The van der Waals surface area contributed by atoms with Crippen LogP contribution in [-0.2, 0) is 6.54 Å². The predicted octanol–water partition coefficient (Wildman–Crippen LogP) is 2.37. The van der Waals surface area contributed by atoms with Crippen molar-refractivity contribution in [2.24, 2.45) is 5.73 Å². The van der Waals surface area contributed by atoms with Crippen molar-refractivity contribution in [3.05, 3.63) is 35.4 Å². The molecule has 0 saturated carbocycles. The molecule has 0 radical (unpaired) electrons. The minimum Gasteiger partial charge on any atom is -0.388 e. The molecule has 2 nitrogen and oxygen atoms in total. The summed E-state index contributed by atoms with van der Waals surface area (Å²) in [7, 11) is 0. The van der Waals surface area contributed by atoms with E-state index in [1.165, 1.54) is 0 Å². The zero-order chi connectivity index (χ0) is 10.4. The van der Waals surface area contributed by atoms with Crippen LogP contribution in [0.1, 0.15) is 43.4 Å². The molecule has 1 aromatic carbocycles. The van der Waals surface area contributed by atoms with Gasteiger partial charge in [-0.3, -0.25) is 0 Å². The van der Waals surface area contributed by atoms with E-state index in [1.54, 1.807) is 0 Å². The highest BCUT2D eigenvalue weighted by atomic mass is 16.3. The molecule has 14 heavy (non-hydrogen) atoms. The van der Waals surface area contributed by atoms with E-state index in [-0.39, 0.29) is 6.10 Å². The fraction of sp³-hybridized carbons (Fsp3) is 0.500. The smallest absolute Gasteiger partial charge is 0.0793 e. The summed E-state index contributed by atoms with van der Waals surface area (Å²) in [6, 6.07) is 7.84. The van der Waals surface area contributed by atoms with Crippen LogP contribution < -0.4 is 5.73 Å². The van der Waals surface area contributed by atoms with Crippen molar-refractivity contribution in [3.8, 4) is 0 Å². The predicted molar refractivity (Wildman–Crippen MR) is 58.8 cm³/mol. The molecule has 1 aromatic rings. The minimum absolute atomic E-state index is 0.352. The molecule has 0 heterocycles. The summed E-state index contributed by atoms with van der Waals surface area (Å²) < 4.78 is 0. The van der Waals surface area contributed by atoms with Crippen LogP contribution in [0.5, 0.6) is 0 Å². The van der Waals surface area contributed by atoms with Crippen LogP contribution in [0.3, 0.4) is 0 Å². The van der Waals surface area contributed by atoms with Crippen molar-refractivity contribution in [1.82, 2.24) is 0 Å². The van der Waals surface area contributed by atoms with Crippen LogP contribution in [0.25, 0.3) is 0 Å². The lowest BCUT2D eigenvalue weighted by atomic mass is 9.99. The van der Waals surface area contributed by atoms with E-state index in [1.807, 2.05) is 24.3 Å². The molecular formula is C12H19NO. The number of aliphatic hydroxyl groups excluding tert-OH is 1. The second kappa shape index (κ2) is 5.78. The number of unbranched alkanes of at least 4 members (excludes halogenated alkanes) is 1. The Morgan fingerprint density at radius 2 is 2.07 bits per heavy atom. The van der Waals surface area contributed by atoms with Gasteiger partial charge in [0, 0.05) is 6.54 Å². The molecule has 0 aliphatic rings. The maximum Gasteiger partial charge on any atom is 0.0793 e. The summed E-state index contributed by atoms with van der Waals surface area (Å²) in [5, 5.41) is 9.91. The molecule has 78 valence electrons. The Morgan fingerprint density at radius 1 is 1.36 bits per heavy atom. The molecule has 0 amide bonds. The van der Waals surface area contributed by atoms with Crippen molar-refractivity contribution in [3.63, 3.8) is 0 Å². The summed E-state index contributed by atoms with van der Waals surface area (Å²) in [6.45, 7) is 2.63. The molecule has 0 saturated heterocycles. The Hall–Kier alpha value is -0.860. The van der Waals surface area contributed by atoms with Gasteiger partial charge >= 0.3 is 0 Å². The summed E-state index contributed by atoms with van der Waals surface area (Å²) in [5.74, 6) is 0. The van der Waals surface area contributed by atoms with Gasteiger partial charge in [0.15, 0.2) is 0 Å². The van der Waals surface area contributed by atoms with Gasteiger partial charge in [0.1, 0.15) is 0 Å². The number of benzene rings is 1. The van der Waals surface area contributed by atoms with Gasteiger partial charge in [0.2, 0.25) is 0 Å². The second-order valence-corrected chi connectivity index (χ2v) is 3.56. The van der Waals surface area contributed by atoms with Crippen LogP contribution in [-0.4, -0.2) is 5.11 Å². The number of hydrogen-bond acceptors (Lipinski definition) is 2. The molecule has 0 aliphatic carbocycles. The van der Waals surface area contributed by atoms with E-state index in [9.17, 15) is 5.11 Å². The first kappa shape index (κ1) is 11.2. The third kappa shape index (κ3) is 2.82. The molecule has 1 rings (SSSR count). The van der Waals surface area contributed by atoms with Crippen molar-refractivity contribution in [2.45, 2.75) is 38.8 Å². The van der Waals surface area contributed by atoms with Gasteiger partial charge in [-0.25, -0.2) is 0 Å². The summed E-state index contributed by atoms with van der Waals surface area (Å²) in [4.78, 5) is 0. The molecule has 1 atom stereocenters. The Kier molecular flexibility index (Phi) is 4.63. The number of aliphatic hydroxyl groups is 1. The van der Waals surface area contributed by atoms with E-state index in [0.29, 0.717) is 6.54 Å². The number of hydrogen-bond donors (Lipinski definition) is 2. The van der Waals surface area contributed by atoms with Crippen LogP contribution in [0, 0.1) is 0 Å². The molecule has 2 heteroatoms. The van der Waals surface area contributed by atoms with Gasteiger partial charge in [0.05, 0.1) is 6.10 Å². The van der Waals surface area contributed by atoms with Gasteiger partial charge < -0.3 is 10.8 Å². The highest BCUT2D eigenvalue weighted by Crippen LogP contribution is 2.22. The first-order valence-corrected chi connectivity index (χ1v) is 5.25. The first-order chi connectivity index (χ1) is 6.79. The maximum atomic E-state index is 9.91. The maximum absolute atomic E-state index is 9.91. The summed E-state index contributed by atoms with van der Waals surface area (Å²) >= 11 is 0. The van der Waals surface area contributed by atoms with E-state index >= 15 is 0 Å². The van der Waals surface area contributed by atoms with Gasteiger partial charge in [-0.05, 0) is 17.5 Å². The number of rotatable bonds is 5. The Morgan fingerprint density at radius 3 is 2.71 bits per heavy atom. The van der Waals surface area contributed by atoms with Crippen molar-refractivity contribution >= 4 is 0 Å². The SMILES string of the molecule is CCCCC(O)c1ccccc1CN. The van der Waals surface area contributed by atoms with E-state index in [0.717, 1.165) is 30.4 Å². The average Bonchev–Trinajstić information content (AvgIpc) is 2.25. The van der Waals surface area contributed by atoms with Gasteiger partial charge in [0.25, 0.3) is 0 Å². The fourth-order valence-corrected chi connectivity index (χ4v) is 1.60. The minimum atomic E-state index is -0.352. The van der Waals surface area contributed by atoms with Crippen LogP contribution in [0.15, 0.2) is 24.3 Å². The first-order valence-electron chi connectivity index (χ1n) is 5.25. The summed E-state index contributed by atoms with van der Waals surface area (Å²) in [5.41, 5.74) is 7.65. The standard InChI is InChI=1S/C12H19NO/c1-2-3-8-12(14)11-7-5-4-6-10(11)9-13/h4-7,12,14H,2-3,8-9,13H2,1H3. The van der Waals surface area contributed by atoms with Crippen LogP contribution >= 0.6 is 0 Å². The third-order valence-electron chi connectivity index (χ3n) is 2.47. The lowest BCUT2D eigenvalue weighted by Gasteiger charge is -2.14. The molecule has 3 N–H and O–H groups in total. The highest BCUT2D eigenvalue weighted by molar-refractivity contribution is 5.28. The molecule has 0 aliphatic heterocycles. The highest BCUT2D eigenvalue weighted by Gasteiger charge is 2.09. The second-order valence-electron chi connectivity index (χ2n) is 3.56. The summed E-state index contributed by atoms with van der Waals surface area (Å²) in [6.07, 6.45) is 2.64. The molecule has 0 spiro atoms. The van der Waals surface area contributed by atoms with Gasteiger partial charge in [-0.15, -0.1) is 0 Å². The normalized spacial score (nSPS) is 12.8. The molecule has 0 bridgehead atoms. The monoisotopic (exact) mass is 193 g/mol. The number of nitrogens with two attached hydrogens (primary N) is 1. The fourth-order valence-electron chi connectivity index (χ4n) is 1.60. The molecule has 0 aromatic heterocycles. The van der Waals surface area contributed by atoms with Crippen molar-refractivity contribution in [2.75, 3.05) is 0 Å². The Bertz CT molecular complexity index is 273. The Balaban J connectivity index is 2.72. The molecule has 1 unspecified atom stereocenters. The lowest BCUT2D eigenvalue weighted by Crippen LogP contribution is -2.06. The van der Waals surface area contributed by atoms with Gasteiger partial charge in [-0.1, -0.05) is 44.0 Å². The zero-order valence-corrected chi connectivity index (χ0v) is 8.74. The van der Waals surface area contributed by atoms with E-state index < -0.39 is 0 Å². The topological polar surface area (TPSA) is 46.2 Å². The molecule has 0 fully saturated rings. The van der Waals surface area contributed by atoms with Crippen LogP contribution in [0.2, 0.25) is 0 Å². The van der Waals surface area contributed by atoms with Crippen molar-refractivity contribution in [1.29, 1.82) is 0 Å². The Labute approximate surface area is 85.8 Å². The van der Waals surface area contributed by atoms with E-state index in [2.05, 4.69) is 6.92 Å². The van der Waals surface area contributed by atoms with Gasteiger partial charge in [-0.2, -0.15) is 0 Å². The average molecular weight is 193 g/mol.